The monoisotopic (exact) mass is 336 g/mol. The molecule has 1 rings (SSSR count). The zero-order chi connectivity index (χ0) is 17.2. The van der Waals surface area contributed by atoms with Crippen LogP contribution in [0.3, 0.4) is 0 Å². The van der Waals surface area contributed by atoms with Crippen molar-refractivity contribution in [1.82, 2.24) is 0 Å². The summed E-state index contributed by atoms with van der Waals surface area (Å²) in [6.07, 6.45) is -5.08. The molecule has 1 aromatic carbocycles. The van der Waals surface area contributed by atoms with Gasteiger partial charge in [-0.25, -0.2) is 0 Å². The van der Waals surface area contributed by atoms with E-state index in [2.05, 4.69) is 0 Å². The number of thiocyanates is 1. The molecule has 0 atom stereocenters. The van der Waals surface area contributed by atoms with Crippen molar-refractivity contribution in [3.8, 4) is 5.40 Å². The fourth-order valence-electron chi connectivity index (χ4n) is 1.74. The lowest BCUT2D eigenvalue weighted by atomic mass is 10.1. The summed E-state index contributed by atoms with van der Waals surface area (Å²) in [7, 11) is 2.42. The summed E-state index contributed by atoms with van der Waals surface area (Å²) in [6, 6.07) is 0.196. The van der Waals surface area contributed by atoms with Gasteiger partial charge in [0, 0.05) is 20.2 Å². The van der Waals surface area contributed by atoms with E-state index < -0.39 is 43.5 Å². The lowest BCUT2D eigenvalue weighted by Crippen LogP contribution is -2.17. The number of hydrogen-bond donors (Lipinski definition) is 0. The van der Waals surface area contributed by atoms with E-state index in [9.17, 15) is 33.4 Å². The number of nitro benzene ring substituents is 2. The molecule has 0 radical (unpaired) electrons. The molecule has 0 saturated carbocycles. The minimum atomic E-state index is -5.08. The van der Waals surface area contributed by atoms with Crippen LogP contribution in [0.2, 0.25) is 0 Å². The molecule has 118 valence electrons. The first-order valence-electron chi connectivity index (χ1n) is 5.32. The van der Waals surface area contributed by atoms with Crippen LogP contribution in [0.15, 0.2) is 11.0 Å². The average molecular weight is 336 g/mol. The molecule has 0 N–H and O–H groups in total. The van der Waals surface area contributed by atoms with Gasteiger partial charge < -0.3 is 4.90 Å². The molecule has 0 aliphatic rings. The molecule has 0 saturated heterocycles. The fourth-order valence-corrected chi connectivity index (χ4v) is 2.38. The molecule has 0 amide bonds. The third kappa shape index (κ3) is 3.19. The number of anilines is 1. The number of alkyl halides is 3. The highest BCUT2D eigenvalue weighted by atomic mass is 32.2. The molecule has 0 aromatic heterocycles. The van der Waals surface area contributed by atoms with Crippen LogP contribution in [-0.2, 0) is 6.18 Å². The van der Waals surface area contributed by atoms with Crippen LogP contribution in [0.1, 0.15) is 5.56 Å². The van der Waals surface area contributed by atoms with Gasteiger partial charge in [-0.05, 0) is 11.8 Å². The lowest BCUT2D eigenvalue weighted by molar-refractivity contribution is -0.394. The molecule has 0 spiro atoms. The van der Waals surface area contributed by atoms with E-state index in [-0.39, 0.29) is 17.8 Å². The van der Waals surface area contributed by atoms with E-state index in [1.807, 2.05) is 0 Å². The zero-order valence-corrected chi connectivity index (χ0v) is 11.9. The van der Waals surface area contributed by atoms with Crippen LogP contribution in [0, 0.1) is 30.9 Å². The summed E-state index contributed by atoms with van der Waals surface area (Å²) in [5, 5.41) is 32.0. The predicted octanol–water partition coefficient (Wildman–Crippen LogP) is 3.16. The SMILES string of the molecule is CN(C)c1c([N+](=O)[O-])cc(C(F)(F)F)c(SC#N)c1[N+](=O)[O-]. The van der Waals surface area contributed by atoms with Gasteiger partial charge in [0.25, 0.3) is 5.69 Å². The van der Waals surface area contributed by atoms with Gasteiger partial charge in [0.2, 0.25) is 0 Å². The summed E-state index contributed by atoms with van der Waals surface area (Å²) in [4.78, 5) is 19.8. The van der Waals surface area contributed by atoms with Gasteiger partial charge >= 0.3 is 11.9 Å². The summed E-state index contributed by atoms with van der Waals surface area (Å²) in [5.74, 6) is 0. The molecule has 8 nitrogen and oxygen atoms in total. The van der Waals surface area contributed by atoms with Gasteiger partial charge in [-0.2, -0.15) is 18.4 Å². The second-order valence-corrected chi connectivity index (χ2v) is 4.86. The van der Waals surface area contributed by atoms with Gasteiger partial charge in [0.05, 0.1) is 15.4 Å². The molecule has 1 aromatic rings. The number of nitriles is 1. The number of halogens is 3. The van der Waals surface area contributed by atoms with E-state index in [4.69, 9.17) is 5.26 Å². The van der Waals surface area contributed by atoms with Crippen LogP contribution in [-0.4, -0.2) is 23.9 Å². The highest BCUT2D eigenvalue weighted by molar-refractivity contribution is 8.04. The number of rotatable bonds is 4. The number of benzene rings is 1. The number of thioether (sulfide) groups is 1. The molecule has 0 aliphatic carbocycles. The Bertz CT molecular complexity index is 684. The Labute approximate surface area is 125 Å². The Kier molecular flexibility index (Phi) is 4.82. The molecule has 22 heavy (non-hydrogen) atoms. The Morgan fingerprint density at radius 2 is 1.82 bits per heavy atom. The van der Waals surface area contributed by atoms with Crippen molar-refractivity contribution in [2.45, 2.75) is 11.1 Å². The van der Waals surface area contributed by atoms with E-state index >= 15 is 0 Å². The van der Waals surface area contributed by atoms with E-state index in [0.29, 0.717) is 0 Å². The molecular formula is C10H7F3N4O4S. The highest BCUT2D eigenvalue weighted by Crippen LogP contribution is 2.49. The molecule has 0 aliphatic heterocycles. The smallest absolute Gasteiger partial charge is 0.366 e. The van der Waals surface area contributed by atoms with Crippen molar-refractivity contribution in [2.24, 2.45) is 0 Å². The van der Waals surface area contributed by atoms with Gasteiger partial charge in [0.15, 0.2) is 5.69 Å². The second kappa shape index (κ2) is 6.06. The summed E-state index contributed by atoms with van der Waals surface area (Å²) < 4.78 is 39.0. The molecule has 0 bridgehead atoms. The van der Waals surface area contributed by atoms with Crippen LogP contribution in [0.4, 0.5) is 30.2 Å². The first-order valence-corrected chi connectivity index (χ1v) is 6.14. The molecule has 12 heteroatoms. The van der Waals surface area contributed by atoms with Gasteiger partial charge in [-0.15, -0.1) is 0 Å². The Hall–Kier alpha value is -2.55. The maximum Gasteiger partial charge on any atom is 0.418 e. The van der Waals surface area contributed by atoms with E-state index in [1.54, 1.807) is 0 Å². The van der Waals surface area contributed by atoms with Crippen molar-refractivity contribution in [1.29, 1.82) is 5.26 Å². The highest BCUT2D eigenvalue weighted by Gasteiger charge is 2.43. The third-order valence-corrected chi connectivity index (χ3v) is 3.20. The predicted molar refractivity (Wildman–Crippen MR) is 70.5 cm³/mol. The average Bonchev–Trinajstić information content (AvgIpc) is 2.35. The first kappa shape index (κ1) is 17.5. The molecule has 0 unspecified atom stereocenters. The van der Waals surface area contributed by atoms with Gasteiger partial charge in [0.1, 0.15) is 10.3 Å². The second-order valence-electron chi connectivity index (χ2n) is 4.07. The largest absolute Gasteiger partial charge is 0.418 e. The lowest BCUT2D eigenvalue weighted by Gasteiger charge is -2.17. The molecule has 0 fully saturated rings. The normalized spacial score (nSPS) is 10.9. The number of nitro groups is 2. The van der Waals surface area contributed by atoms with Crippen molar-refractivity contribution in [2.75, 3.05) is 19.0 Å². The minimum absolute atomic E-state index is 0.0697. The van der Waals surface area contributed by atoms with Crippen LogP contribution >= 0.6 is 11.8 Å². The number of nitrogens with zero attached hydrogens (tertiary/aromatic N) is 4. The third-order valence-electron chi connectivity index (χ3n) is 2.49. The van der Waals surface area contributed by atoms with Crippen molar-refractivity contribution in [3.63, 3.8) is 0 Å². The molecule has 0 heterocycles. The Morgan fingerprint density at radius 3 is 2.14 bits per heavy atom. The van der Waals surface area contributed by atoms with Crippen LogP contribution in [0.5, 0.6) is 0 Å². The summed E-state index contributed by atoms with van der Waals surface area (Å²) in [6.45, 7) is 0. The first-order chi connectivity index (χ1) is 10.0. The number of hydrogen-bond acceptors (Lipinski definition) is 7. The topological polar surface area (TPSA) is 113 Å². The van der Waals surface area contributed by atoms with Crippen molar-refractivity contribution >= 4 is 28.8 Å². The summed E-state index contributed by atoms with van der Waals surface area (Å²) in [5.41, 5.74) is -4.40. The van der Waals surface area contributed by atoms with Crippen LogP contribution < -0.4 is 4.90 Å². The maximum atomic E-state index is 13.0. The Balaban J connectivity index is 4.03. The van der Waals surface area contributed by atoms with E-state index in [0.717, 1.165) is 4.90 Å². The van der Waals surface area contributed by atoms with E-state index in [1.165, 1.54) is 19.5 Å². The van der Waals surface area contributed by atoms with Gasteiger partial charge in [-0.1, -0.05) is 0 Å². The maximum absolute atomic E-state index is 13.0. The minimum Gasteiger partial charge on any atom is -0.366 e. The quantitative estimate of drug-likeness (QED) is 0.359. The van der Waals surface area contributed by atoms with Crippen molar-refractivity contribution < 1.29 is 23.0 Å². The van der Waals surface area contributed by atoms with Gasteiger partial charge in [-0.3, -0.25) is 20.2 Å². The zero-order valence-electron chi connectivity index (χ0n) is 11.0. The molecular weight excluding hydrogens is 329 g/mol. The van der Waals surface area contributed by atoms with Crippen molar-refractivity contribution in [3.05, 3.63) is 31.9 Å². The van der Waals surface area contributed by atoms with Crippen LogP contribution in [0.25, 0.3) is 0 Å². The standard InChI is InChI=1S/C10H7F3N4O4S/c1-15(2)7-6(16(18)19)3-5(10(11,12)13)9(22-4-14)8(7)17(20)21/h3H,1-2H3. The summed E-state index contributed by atoms with van der Waals surface area (Å²) >= 11 is -0.0697. The Morgan fingerprint density at radius 1 is 1.27 bits per heavy atom. The fraction of sp³-hybridized carbons (Fsp3) is 0.300.